The summed E-state index contributed by atoms with van der Waals surface area (Å²) in [6.07, 6.45) is 0. The van der Waals surface area contributed by atoms with Crippen molar-refractivity contribution in [1.82, 2.24) is 0 Å². The molecule has 1 aromatic rings. The molecule has 0 amide bonds. The summed E-state index contributed by atoms with van der Waals surface area (Å²) in [7, 11) is 0. The molecule has 63 valence electrons. The standard InChI is InChI=1S/C8H8NO3/c1-8(10)6-4-2-3-5-7(6)9(11)12-8/h2-5,10H,1H3. The molecule has 0 fully saturated rings. The van der Waals surface area contributed by atoms with Crippen molar-refractivity contribution in [2.75, 3.05) is 5.23 Å². The van der Waals surface area contributed by atoms with Gasteiger partial charge in [0.15, 0.2) is 0 Å². The fourth-order valence-corrected chi connectivity index (χ4v) is 1.28. The van der Waals surface area contributed by atoms with Crippen LogP contribution < -0.4 is 5.23 Å². The highest BCUT2D eigenvalue weighted by molar-refractivity contribution is 5.54. The molecule has 0 spiro atoms. The molecule has 4 heteroatoms. The van der Waals surface area contributed by atoms with Crippen LogP contribution in [0.15, 0.2) is 24.3 Å². The first kappa shape index (κ1) is 7.54. The Morgan fingerprint density at radius 2 is 2.17 bits per heavy atom. The maximum absolute atomic E-state index is 11.0. The van der Waals surface area contributed by atoms with Gasteiger partial charge in [0.05, 0.1) is 0 Å². The topological polar surface area (TPSA) is 52.6 Å². The quantitative estimate of drug-likeness (QED) is 0.624. The van der Waals surface area contributed by atoms with Gasteiger partial charge in [-0.3, -0.25) is 0 Å². The van der Waals surface area contributed by atoms with Gasteiger partial charge in [0, 0.05) is 5.56 Å². The van der Waals surface area contributed by atoms with Crippen LogP contribution in [-0.2, 0) is 15.8 Å². The summed E-state index contributed by atoms with van der Waals surface area (Å²) in [5.41, 5.74) is 0.863. The van der Waals surface area contributed by atoms with Gasteiger partial charge in [-0.25, -0.2) is 4.84 Å². The van der Waals surface area contributed by atoms with Gasteiger partial charge in [-0.05, 0) is 13.0 Å². The molecular weight excluding hydrogens is 158 g/mol. The summed E-state index contributed by atoms with van der Waals surface area (Å²) in [6.45, 7) is 1.43. The van der Waals surface area contributed by atoms with E-state index in [4.69, 9.17) is 0 Å². The van der Waals surface area contributed by atoms with E-state index in [-0.39, 0.29) is 0 Å². The van der Waals surface area contributed by atoms with E-state index in [0.717, 1.165) is 0 Å². The summed E-state index contributed by atoms with van der Waals surface area (Å²) < 4.78 is 0. The molecule has 1 aliphatic heterocycles. The predicted molar refractivity (Wildman–Crippen MR) is 40.3 cm³/mol. The summed E-state index contributed by atoms with van der Waals surface area (Å²) >= 11 is 0. The Bertz CT molecular complexity index is 311. The first-order chi connectivity index (χ1) is 5.61. The second-order valence-corrected chi connectivity index (χ2v) is 2.85. The Labute approximate surface area is 69.5 Å². The summed E-state index contributed by atoms with van der Waals surface area (Å²) in [5.74, 6) is -1.49. The Morgan fingerprint density at radius 1 is 1.50 bits per heavy atom. The Balaban J connectivity index is 2.58. The molecule has 2 rings (SSSR count). The lowest BCUT2D eigenvalue weighted by Gasteiger charge is -2.14. The number of anilines is 1. The third-order valence-corrected chi connectivity index (χ3v) is 1.86. The number of benzene rings is 1. The molecule has 0 aromatic heterocycles. The number of nitrogens with zero attached hydrogens (tertiary/aromatic N) is 1. The third kappa shape index (κ3) is 0.896. The molecular formula is C8H8NO3. The van der Waals surface area contributed by atoms with Gasteiger partial charge in [0.1, 0.15) is 5.69 Å². The van der Waals surface area contributed by atoms with Gasteiger partial charge in [-0.2, -0.15) is 0 Å². The van der Waals surface area contributed by atoms with Crippen LogP contribution in [0, 0.1) is 0 Å². The lowest BCUT2D eigenvalue weighted by molar-refractivity contribution is -0.246. The molecule has 0 bridgehead atoms. The zero-order valence-electron chi connectivity index (χ0n) is 6.52. The van der Waals surface area contributed by atoms with E-state index in [0.29, 0.717) is 16.5 Å². The van der Waals surface area contributed by atoms with Crippen LogP contribution in [0.25, 0.3) is 0 Å². The molecule has 1 heterocycles. The van der Waals surface area contributed by atoms with Crippen LogP contribution in [0.2, 0.25) is 0 Å². The van der Waals surface area contributed by atoms with Crippen molar-refractivity contribution in [2.45, 2.75) is 12.7 Å². The number of hydrogen-bond acceptors (Lipinski definition) is 3. The minimum absolute atomic E-state index is 0.329. The average molecular weight is 166 g/mol. The van der Waals surface area contributed by atoms with Gasteiger partial charge < -0.3 is 5.11 Å². The second-order valence-electron chi connectivity index (χ2n) is 2.85. The zero-order chi connectivity index (χ0) is 8.77. The maximum atomic E-state index is 11.0. The monoisotopic (exact) mass is 166 g/mol. The molecule has 0 aliphatic carbocycles. The molecule has 0 saturated heterocycles. The van der Waals surface area contributed by atoms with Gasteiger partial charge in [-0.1, -0.05) is 28.6 Å². The van der Waals surface area contributed by atoms with E-state index in [1.54, 1.807) is 24.3 Å². The van der Waals surface area contributed by atoms with Crippen LogP contribution in [-0.4, -0.2) is 5.11 Å². The van der Waals surface area contributed by atoms with E-state index in [1.165, 1.54) is 6.92 Å². The third-order valence-electron chi connectivity index (χ3n) is 1.86. The lowest BCUT2D eigenvalue weighted by atomic mass is 10.1. The molecule has 1 radical (unpaired) electrons. The number of fused-ring (bicyclic) bond motifs is 1. The maximum Gasteiger partial charge on any atom is 0.220 e. The minimum Gasteiger partial charge on any atom is -0.360 e. The van der Waals surface area contributed by atoms with E-state index in [9.17, 15) is 10.3 Å². The van der Waals surface area contributed by atoms with E-state index >= 15 is 0 Å². The van der Waals surface area contributed by atoms with Crippen LogP contribution in [0.4, 0.5) is 5.69 Å². The highest BCUT2D eigenvalue weighted by Crippen LogP contribution is 2.38. The van der Waals surface area contributed by atoms with Crippen molar-refractivity contribution in [3.05, 3.63) is 29.8 Å². The van der Waals surface area contributed by atoms with Crippen LogP contribution in [0.5, 0.6) is 0 Å². The van der Waals surface area contributed by atoms with Crippen molar-refractivity contribution in [2.24, 2.45) is 0 Å². The van der Waals surface area contributed by atoms with Crippen LogP contribution in [0.1, 0.15) is 12.5 Å². The number of aliphatic hydroxyl groups is 1. The van der Waals surface area contributed by atoms with Crippen molar-refractivity contribution in [3.8, 4) is 0 Å². The number of rotatable bonds is 0. The largest absolute Gasteiger partial charge is 0.360 e. The highest BCUT2D eigenvalue weighted by Gasteiger charge is 2.39. The Kier molecular flexibility index (Phi) is 1.38. The van der Waals surface area contributed by atoms with Gasteiger partial charge in [0.2, 0.25) is 5.79 Å². The van der Waals surface area contributed by atoms with Crippen LogP contribution >= 0.6 is 0 Å². The van der Waals surface area contributed by atoms with Crippen molar-refractivity contribution < 1.29 is 15.2 Å². The fourth-order valence-electron chi connectivity index (χ4n) is 1.28. The molecule has 1 aromatic carbocycles. The fraction of sp³-hybridized carbons (Fsp3) is 0.250. The number of hydrogen-bond donors (Lipinski definition) is 1. The van der Waals surface area contributed by atoms with Crippen molar-refractivity contribution in [1.29, 1.82) is 0 Å². The molecule has 1 aliphatic rings. The first-order valence-electron chi connectivity index (χ1n) is 3.59. The van der Waals surface area contributed by atoms with E-state index in [2.05, 4.69) is 4.84 Å². The smallest absolute Gasteiger partial charge is 0.220 e. The predicted octanol–water partition coefficient (Wildman–Crippen LogP) is 0.949. The summed E-state index contributed by atoms with van der Waals surface area (Å²) in [6, 6.07) is 6.72. The molecule has 1 unspecified atom stereocenters. The molecule has 1 atom stereocenters. The number of para-hydroxylation sites is 1. The SMILES string of the molecule is CC1(O)ON([O])c2ccccc21. The van der Waals surface area contributed by atoms with Crippen LogP contribution in [0.3, 0.4) is 0 Å². The van der Waals surface area contributed by atoms with Gasteiger partial charge >= 0.3 is 0 Å². The minimum atomic E-state index is -1.49. The van der Waals surface area contributed by atoms with Crippen molar-refractivity contribution in [3.63, 3.8) is 0 Å². The van der Waals surface area contributed by atoms with Crippen molar-refractivity contribution >= 4 is 5.69 Å². The normalized spacial score (nSPS) is 27.4. The van der Waals surface area contributed by atoms with E-state index < -0.39 is 5.79 Å². The average Bonchev–Trinajstić information content (AvgIpc) is 2.25. The highest BCUT2D eigenvalue weighted by atomic mass is 16.9. The van der Waals surface area contributed by atoms with Gasteiger partial charge in [-0.15, -0.1) is 0 Å². The molecule has 0 saturated carbocycles. The Morgan fingerprint density at radius 3 is 2.83 bits per heavy atom. The summed E-state index contributed by atoms with van der Waals surface area (Å²) in [5, 5.41) is 20.9. The zero-order valence-corrected chi connectivity index (χ0v) is 6.52. The molecule has 1 N–H and O–H groups in total. The van der Waals surface area contributed by atoms with Gasteiger partial charge in [0.25, 0.3) is 0 Å². The van der Waals surface area contributed by atoms with E-state index in [1.807, 2.05) is 0 Å². The second kappa shape index (κ2) is 2.20. The lowest BCUT2D eigenvalue weighted by Crippen LogP contribution is -2.24. The summed E-state index contributed by atoms with van der Waals surface area (Å²) in [4.78, 5) is 4.65. The molecule has 12 heavy (non-hydrogen) atoms. The Hall–Kier alpha value is -1.10. The molecule has 4 nitrogen and oxygen atoms in total. The first-order valence-corrected chi connectivity index (χ1v) is 3.59.